The lowest BCUT2D eigenvalue weighted by Gasteiger charge is -2.44. The lowest BCUT2D eigenvalue weighted by atomic mass is 9.63. The van der Waals surface area contributed by atoms with E-state index >= 15 is 0 Å². The maximum Gasteiger partial charge on any atom is 0.322 e. The first-order chi connectivity index (χ1) is 15.3. The molecule has 1 amide bonds. The molecule has 1 spiro atoms. The Morgan fingerprint density at radius 2 is 1.78 bits per heavy atom. The Hall–Kier alpha value is -3.16. The Morgan fingerprint density at radius 1 is 1.09 bits per heavy atom. The fourth-order valence-corrected chi connectivity index (χ4v) is 4.79. The van der Waals surface area contributed by atoms with Gasteiger partial charge in [0.15, 0.2) is 5.78 Å². The normalized spacial score (nSPS) is 17.8. The molecule has 0 atom stereocenters. The molecule has 0 radical (unpaired) electrons. The SMILES string of the molecule is O=C(O)CNC(=O)C1=C(O)c2cc(Cl)ccc2C2(CCN(Cc3ccccc3)CC2)C1=O. The van der Waals surface area contributed by atoms with E-state index in [1.54, 1.807) is 18.2 Å². The molecule has 1 fully saturated rings. The molecule has 3 N–H and O–H groups in total. The molecule has 166 valence electrons. The van der Waals surface area contributed by atoms with E-state index in [1.165, 1.54) is 5.56 Å². The first-order valence-corrected chi connectivity index (χ1v) is 10.7. The standard InChI is InChI=1S/C24H23ClN2O5/c25-16-6-7-18-17(12-16)21(30)20(23(32)26-13-19(28)29)22(31)24(18)8-10-27(11-9-24)14-15-4-2-1-3-5-15/h1-7,12,30H,8-11,13-14H2,(H,26,32)(H,28,29). The molecule has 1 aliphatic heterocycles. The van der Waals surface area contributed by atoms with Gasteiger partial charge in [0.25, 0.3) is 5.91 Å². The minimum Gasteiger partial charge on any atom is -0.506 e. The third-order valence-corrected chi connectivity index (χ3v) is 6.47. The summed E-state index contributed by atoms with van der Waals surface area (Å²) in [6.45, 7) is 1.37. The largest absolute Gasteiger partial charge is 0.506 e. The van der Waals surface area contributed by atoms with Gasteiger partial charge in [-0.25, -0.2) is 0 Å². The Balaban J connectivity index is 1.66. The molecule has 8 heteroatoms. The fraction of sp³-hybridized carbons (Fsp3) is 0.292. The molecule has 7 nitrogen and oxygen atoms in total. The summed E-state index contributed by atoms with van der Waals surface area (Å²) in [7, 11) is 0. The van der Waals surface area contributed by atoms with Crippen LogP contribution in [0.4, 0.5) is 0 Å². The minimum absolute atomic E-state index is 0.342. The number of aliphatic carboxylic acids is 1. The van der Waals surface area contributed by atoms with Gasteiger partial charge in [-0.2, -0.15) is 0 Å². The van der Waals surface area contributed by atoms with E-state index in [0.29, 0.717) is 42.1 Å². The number of carbonyl (C=O) groups excluding carboxylic acids is 2. The van der Waals surface area contributed by atoms with Crippen LogP contribution in [0.15, 0.2) is 54.1 Å². The quantitative estimate of drug-likeness (QED) is 0.600. The topological polar surface area (TPSA) is 107 Å². The van der Waals surface area contributed by atoms with Gasteiger partial charge in [0.2, 0.25) is 0 Å². The highest BCUT2D eigenvalue weighted by Gasteiger charge is 2.50. The summed E-state index contributed by atoms with van der Waals surface area (Å²) in [5, 5.41) is 22.2. The number of carboxylic acids is 1. The number of nitrogens with one attached hydrogen (secondary N) is 1. The van der Waals surface area contributed by atoms with Crippen LogP contribution in [0.2, 0.25) is 5.02 Å². The highest BCUT2D eigenvalue weighted by atomic mass is 35.5. The molecular formula is C24H23ClN2O5. The zero-order valence-electron chi connectivity index (χ0n) is 17.3. The van der Waals surface area contributed by atoms with Crippen molar-refractivity contribution in [3.63, 3.8) is 0 Å². The molecule has 2 aliphatic rings. The minimum atomic E-state index is -1.24. The molecule has 0 unspecified atom stereocenters. The van der Waals surface area contributed by atoms with Crippen molar-refractivity contribution in [3.05, 3.63) is 75.8 Å². The van der Waals surface area contributed by atoms with Crippen LogP contribution in [-0.4, -0.2) is 52.4 Å². The van der Waals surface area contributed by atoms with Crippen molar-refractivity contribution in [2.75, 3.05) is 19.6 Å². The number of ketones is 1. The van der Waals surface area contributed by atoms with Crippen molar-refractivity contribution in [3.8, 4) is 0 Å². The van der Waals surface area contributed by atoms with Crippen molar-refractivity contribution in [2.24, 2.45) is 0 Å². The van der Waals surface area contributed by atoms with Crippen LogP contribution < -0.4 is 5.32 Å². The summed E-state index contributed by atoms with van der Waals surface area (Å²) in [5.41, 5.74) is 0.789. The van der Waals surface area contributed by atoms with E-state index in [0.717, 1.165) is 6.54 Å². The lowest BCUT2D eigenvalue weighted by molar-refractivity contribution is -0.138. The van der Waals surface area contributed by atoms with E-state index in [4.69, 9.17) is 16.7 Å². The number of aliphatic hydroxyl groups is 1. The summed E-state index contributed by atoms with van der Waals surface area (Å²) in [5.74, 6) is -3.08. The number of hydrogen-bond acceptors (Lipinski definition) is 5. The second-order valence-corrected chi connectivity index (χ2v) is 8.60. The number of hydrogen-bond donors (Lipinski definition) is 3. The number of fused-ring (bicyclic) bond motifs is 2. The molecule has 32 heavy (non-hydrogen) atoms. The molecule has 0 saturated carbocycles. The molecule has 2 aromatic rings. The average Bonchev–Trinajstić information content (AvgIpc) is 2.78. The van der Waals surface area contributed by atoms with Crippen molar-refractivity contribution in [1.82, 2.24) is 10.2 Å². The van der Waals surface area contributed by atoms with E-state index in [1.807, 2.05) is 18.2 Å². The Labute approximate surface area is 190 Å². The van der Waals surface area contributed by atoms with Crippen LogP contribution in [0.5, 0.6) is 0 Å². The second-order valence-electron chi connectivity index (χ2n) is 8.16. The number of likely N-dealkylation sites (tertiary alicyclic amines) is 1. The first kappa shape index (κ1) is 22.0. The first-order valence-electron chi connectivity index (χ1n) is 10.4. The van der Waals surface area contributed by atoms with Crippen LogP contribution in [0, 0.1) is 0 Å². The number of benzene rings is 2. The van der Waals surface area contributed by atoms with Crippen molar-refractivity contribution < 1.29 is 24.6 Å². The van der Waals surface area contributed by atoms with Gasteiger partial charge < -0.3 is 15.5 Å². The molecule has 0 bridgehead atoms. The number of carboxylic acid groups (broad SMARTS) is 1. The van der Waals surface area contributed by atoms with Crippen LogP contribution >= 0.6 is 11.6 Å². The second kappa shape index (κ2) is 8.76. The Bertz CT molecular complexity index is 1100. The maximum atomic E-state index is 13.6. The number of rotatable bonds is 5. The smallest absolute Gasteiger partial charge is 0.322 e. The van der Waals surface area contributed by atoms with Gasteiger partial charge >= 0.3 is 5.97 Å². The summed E-state index contributed by atoms with van der Waals surface area (Å²) in [4.78, 5) is 39.5. The summed E-state index contributed by atoms with van der Waals surface area (Å²) in [6, 6.07) is 15.0. The predicted molar refractivity (Wildman–Crippen MR) is 119 cm³/mol. The van der Waals surface area contributed by atoms with Crippen molar-refractivity contribution in [1.29, 1.82) is 0 Å². The van der Waals surface area contributed by atoms with E-state index in [2.05, 4.69) is 22.3 Å². The highest BCUT2D eigenvalue weighted by Crippen LogP contribution is 2.46. The average molecular weight is 455 g/mol. The third-order valence-electron chi connectivity index (χ3n) is 6.24. The Kier molecular flexibility index (Phi) is 6.04. The van der Waals surface area contributed by atoms with Gasteiger partial charge in [-0.15, -0.1) is 0 Å². The number of aliphatic hydroxyl groups excluding tert-OH is 1. The third kappa shape index (κ3) is 4.01. The van der Waals surface area contributed by atoms with Gasteiger partial charge in [0, 0.05) is 17.1 Å². The van der Waals surface area contributed by atoms with Crippen LogP contribution in [0.3, 0.4) is 0 Å². The van der Waals surface area contributed by atoms with Crippen LogP contribution in [-0.2, 0) is 26.3 Å². The van der Waals surface area contributed by atoms with Crippen LogP contribution in [0.25, 0.3) is 5.76 Å². The summed E-state index contributed by atoms with van der Waals surface area (Å²) in [6.07, 6.45) is 0.937. The molecular weight excluding hydrogens is 432 g/mol. The van der Waals surface area contributed by atoms with E-state index in [9.17, 15) is 19.5 Å². The highest BCUT2D eigenvalue weighted by molar-refractivity contribution is 6.32. The molecule has 0 aromatic heterocycles. The monoisotopic (exact) mass is 454 g/mol. The van der Waals surface area contributed by atoms with Gasteiger partial charge in [-0.05, 0) is 49.2 Å². The molecule has 1 aliphatic carbocycles. The number of carbonyl (C=O) groups is 3. The molecule has 2 aromatic carbocycles. The zero-order chi connectivity index (χ0) is 22.9. The van der Waals surface area contributed by atoms with Gasteiger partial charge in [-0.3, -0.25) is 19.3 Å². The van der Waals surface area contributed by atoms with Crippen molar-refractivity contribution >= 4 is 35.0 Å². The lowest BCUT2D eigenvalue weighted by Crippen LogP contribution is -2.51. The molecule has 4 rings (SSSR count). The maximum absolute atomic E-state index is 13.6. The van der Waals surface area contributed by atoms with Gasteiger partial charge in [-0.1, -0.05) is 48.0 Å². The van der Waals surface area contributed by atoms with E-state index in [-0.39, 0.29) is 0 Å². The number of halogens is 1. The molecule has 1 heterocycles. The van der Waals surface area contributed by atoms with Crippen molar-refractivity contribution in [2.45, 2.75) is 24.8 Å². The fourth-order valence-electron chi connectivity index (χ4n) is 4.62. The van der Waals surface area contributed by atoms with Gasteiger partial charge in [0.1, 0.15) is 17.9 Å². The number of Topliss-reactive ketones (excluding diaryl/α,β-unsaturated/α-hetero) is 1. The number of nitrogens with zero attached hydrogens (tertiary/aromatic N) is 1. The Morgan fingerprint density at radius 3 is 2.44 bits per heavy atom. The van der Waals surface area contributed by atoms with Crippen LogP contribution in [0.1, 0.15) is 29.5 Å². The number of piperidine rings is 1. The summed E-state index contributed by atoms with van der Waals surface area (Å²) < 4.78 is 0. The number of amides is 1. The zero-order valence-corrected chi connectivity index (χ0v) is 18.1. The predicted octanol–water partition coefficient (Wildman–Crippen LogP) is 2.93. The van der Waals surface area contributed by atoms with Gasteiger partial charge in [0.05, 0.1) is 5.41 Å². The molecule has 1 saturated heterocycles. The van der Waals surface area contributed by atoms with E-state index < -0.39 is 41.0 Å². The summed E-state index contributed by atoms with van der Waals surface area (Å²) >= 11 is 6.14.